The molecule has 35 heavy (non-hydrogen) atoms. The first-order valence-corrected chi connectivity index (χ1v) is 12.4. The average Bonchev–Trinajstić information content (AvgIpc) is 2.91. The van der Waals surface area contributed by atoms with Crippen LogP contribution in [0.3, 0.4) is 0 Å². The summed E-state index contributed by atoms with van der Waals surface area (Å²) in [6.07, 6.45) is 3.30. The number of anilines is 1. The lowest BCUT2D eigenvalue weighted by Crippen LogP contribution is -2.31. The van der Waals surface area contributed by atoms with E-state index in [4.69, 9.17) is 4.74 Å². The molecule has 4 rings (SSSR count). The summed E-state index contributed by atoms with van der Waals surface area (Å²) < 4.78 is 34.2. The molecular formula is C27H25N3O4S. The first-order valence-electron chi connectivity index (χ1n) is 11.0. The van der Waals surface area contributed by atoms with Crippen LogP contribution >= 0.6 is 0 Å². The van der Waals surface area contributed by atoms with E-state index in [9.17, 15) is 13.2 Å². The van der Waals surface area contributed by atoms with Crippen molar-refractivity contribution in [1.82, 2.24) is 10.3 Å². The summed E-state index contributed by atoms with van der Waals surface area (Å²) in [5.41, 5.74) is 2.47. The Kier molecular flexibility index (Phi) is 7.42. The smallest absolute Gasteiger partial charge is 0.264 e. The van der Waals surface area contributed by atoms with Gasteiger partial charge in [-0.3, -0.25) is 14.1 Å². The number of amides is 1. The van der Waals surface area contributed by atoms with Crippen LogP contribution in [0.15, 0.2) is 108 Å². The molecule has 0 aliphatic rings. The molecule has 7 nitrogen and oxygen atoms in total. The van der Waals surface area contributed by atoms with E-state index in [2.05, 4.69) is 10.3 Å². The lowest BCUT2D eigenvalue weighted by Gasteiger charge is -2.25. The summed E-state index contributed by atoms with van der Waals surface area (Å²) in [5, 5.41) is 2.82. The Hall–Kier alpha value is -4.17. The van der Waals surface area contributed by atoms with Crippen LogP contribution in [-0.4, -0.2) is 26.4 Å². The van der Waals surface area contributed by atoms with Gasteiger partial charge in [-0.15, -0.1) is 0 Å². The van der Waals surface area contributed by atoms with Crippen molar-refractivity contribution in [3.63, 3.8) is 0 Å². The zero-order valence-corrected chi connectivity index (χ0v) is 20.0. The van der Waals surface area contributed by atoms with E-state index in [0.717, 1.165) is 11.1 Å². The van der Waals surface area contributed by atoms with Crippen LogP contribution in [0.1, 0.15) is 21.5 Å². The summed E-state index contributed by atoms with van der Waals surface area (Å²) in [7, 11) is -2.44. The highest BCUT2D eigenvalue weighted by atomic mass is 32.2. The molecule has 0 aliphatic carbocycles. The predicted molar refractivity (Wildman–Crippen MR) is 135 cm³/mol. The van der Waals surface area contributed by atoms with E-state index < -0.39 is 10.0 Å². The van der Waals surface area contributed by atoms with Gasteiger partial charge in [-0.05, 0) is 65.7 Å². The molecule has 178 valence electrons. The third-order valence-corrected chi connectivity index (χ3v) is 7.19. The van der Waals surface area contributed by atoms with Crippen LogP contribution in [0.5, 0.6) is 5.75 Å². The molecule has 0 spiro atoms. The minimum absolute atomic E-state index is 0.0285. The summed E-state index contributed by atoms with van der Waals surface area (Å²) >= 11 is 0. The predicted octanol–water partition coefficient (Wildman–Crippen LogP) is 4.42. The monoisotopic (exact) mass is 487 g/mol. The number of carbonyl (C=O) groups excluding carboxylic acids is 1. The lowest BCUT2D eigenvalue weighted by molar-refractivity contribution is 0.0950. The fraction of sp³-hybridized carbons (Fsp3) is 0.111. The van der Waals surface area contributed by atoms with Crippen molar-refractivity contribution in [2.45, 2.75) is 18.0 Å². The first-order chi connectivity index (χ1) is 17.0. The van der Waals surface area contributed by atoms with Crippen molar-refractivity contribution in [2.75, 3.05) is 11.4 Å². The summed E-state index contributed by atoms with van der Waals surface area (Å²) in [5.74, 6) is 0.261. The Morgan fingerprint density at radius 2 is 1.60 bits per heavy atom. The van der Waals surface area contributed by atoms with Crippen LogP contribution in [0.25, 0.3) is 0 Å². The molecule has 8 heteroatoms. The normalized spacial score (nSPS) is 11.0. The van der Waals surface area contributed by atoms with Gasteiger partial charge in [0, 0.05) is 24.5 Å². The lowest BCUT2D eigenvalue weighted by atomic mass is 10.2. The molecule has 1 N–H and O–H groups in total. The minimum Gasteiger partial charge on any atom is -0.497 e. The fourth-order valence-corrected chi connectivity index (χ4v) is 5.02. The SMILES string of the molecule is COc1ccc(N(Cc2ccccc2)S(=O)(=O)c2cccc(C(=O)NCc3ccncc3)c2)cc1. The van der Waals surface area contributed by atoms with Crippen molar-refractivity contribution in [1.29, 1.82) is 0 Å². The third-order valence-electron chi connectivity index (χ3n) is 5.42. The van der Waals surface area contributed by atoms with Crippen molar-refractivity contribution < 1.29 is 17.9 Å². The number of hydrogen-bond donors (Lipinski definition) is 1. The molecule has 0 saturated heterocycles. The molecule has 4 aromatic rings. The highest BCUT2D eigenvalue weighted by Crippen LogP contribution is 2.28. The standard InChI is InChI=1S/C27H25N3O4S/c1-34-25-12-10-24(11-13-25)30(20-22-6-3-2-4-7-22)35(32,33)26-9-5-8-23(18-26)27(31)29-19-21-14-16-28-17-15-21/h2-18H,19-20H2,1H3,(H,29,31). The first kappa shape index (κ1) is 24.0. The van der Waals surface area contributed by atoms with Gasteiger partial charge in [0.15, 0.2) is 0 Å². The van der Waals surface area contributed by atoms with Gasteiger partial charge in [-0.1, -0.05) is 36.4 Å². The van der Waals surface area contributed by atoms with Gasteiger partial charge in [0.05, 0.1) is 24.2 Å². The van der Waals surface area contributed by atoms with Crippen LogP contribution < -0.4 is 14.4 Å². The second-order valence-electron chi connectivity index (χ2n) is 7.76. The quantitative estimate of drug-likeness (QED) is 0.378. The van der Waals surface area contributed by atoms with Crippen molar-refractivity contribution in [2.24, 2.45) is 0 Å². The molecule has 0 radical (unpaired) electrons. The maximum Gasteiger partial charge on any atom is 0.264 e. The summed E-state index contributed by atoms with van der Waals surface area (Å²) in [6, 6.07) is 25.8. The molecule has 0 fully saturated rings. The van der Waals surface area contributed by atoms with Gasteiger partial charge in [0.2, 0.25) is 0 Å². The van der Waals surface area contributed by atoms with Crippen molar-refractivity contribution in [3.05, 3.63) is 120 Å². The van der Waals surface area contributed by atoms with E-state index in [1.54, 1.807) is 68.0 Å². The van der Waals surface area contributed by atoms with Gasteiger partial charge < -0.3 is 10.1 Å². The van der Waals surface area contributed by atoms with E-state index in [0.29, 0.717) is 18.0 Å². The van der Waals surface area contributed by atoms with Gasteiger partial charge in [-0.25, -0.2) is 8.42 Å². The second kappa shape index (κ2) is 10.8. The molecule has 0 aliphatic heterocycles. The molecule has 1 amide bonds. The molecule has 0 unspecified atom stereocenters. The Morgan fingerprint density at radius 1 is 0.886 bits per heavy atom. The number of sulfonamides is 1. The number of rotatable bonds is 9. The molecule has 0 saturated carbocycles. The summed E-state index contributed by atoms with van der Waals surface area (Å²) in [6.45, 7) is 0.443. The number of hydrogen-bond acceptors (Lipinski definition) is 5. The topological polar surface area (TPSA) is 88.6 Å². The largest absolute Gasteiger partial charge is 0.497 e. The molecule has 1 aromatic heterocycles. The molecule has 0 bridgehead atoms. The van der Waals surface area contributed by atoms with Gasteiger partial charge in [0.25, 0.3) is 15.9 Å². The zero-order chi connectivity index (χ0) is 24.7. The van der Waals surface area contributed by atoms with E-state index in [-0.39, 0.29) is 22.9 Å². The number of benzene rings is 3. The Labute approximate surface area is 205 Å². The van der Waals surface area contributed by atoms with Gasteiger partial charge in [-0.2, -0.15) is 0 Å². The van der Waals surface area contributed by atoms with Crippen LogP contribution in [-0.2, 0) is 23.1 Å². The van der Waals surface area contributed by atoms with E-state index in [1.807, 2.05) is 30.3 Å². The Balaban J connectivity index is 1.63. The zero-order valence-electron chi connectivity index (χ0n) is 19.2. The summed E-state index contributed by atoms with van der Waals surface area (Å²) in [4.78, 5) is 16.7. The maximum absolute atomic E-state index is 13.8. The van der Waals surface area contributed by atoms with E-state index >= 15 is 0 Å². The van der Waals surface area contributed by atoms with Crippen LogP contribution in [0, 0.1) is 0 Å². The number of nitrogens with one attached hydrogen (secondary N) is 1. The van der Waals surface area contributed by atoms with Crippen molar-refractivity contribution in [3.8, 4) is 5.75 Å². The number of carbonyl (C=O) groups is 1. The third kappa shape index (κ3) is 5.85. The van der Waals surface area contributed by atoms with Gasteiger partial charge >= 0.3 is 0 Å². The number of ether oxygens (including phenoxy) is 1. The second-order valence-corrected chi connectivity index (χ2v) is 9.62. The number of nitrogens with zero attached hydrogens (tertiary/aromatic N) is 2. The van der Waals surface area contributed by atoms with Gasteiger partial charge in [0.1, 0.15) is 5.75 Å². The number of pyridine rings is 1. The van der Waals surface area contributed by atoms with Crippen LogP contribution in [0.2, 0.25) is 0 Å². The number of aromatic nitrogens is 1. The van der Waals surface area contributed by atoms with E-state index in [1.165, 1.54) is 16.4 Å². The Bertz CT molecular complexity index is 1380. The molecular weight excluding hydrogens is 462 g/mol. The molecule has 0 atom stereocenters. The average molecular weight is 488 g/mol. The maximum atomic E-state index is 13.8. The van der Waals surface area contributed by atoms with Crippen LogP contribution in [0.4, 0.5) is 5.69 Å². The highest BCUT2D eigenvalue weighted by molar-refractivity contribution is 7.92. The fourth-order valence-electron chi connectivity index (χ4n) is 3.52. The van der Waals surface area contributed by atoms with Crippen molar-refractivity contribution >= 4 is 21.6 Å². The molecule has 1 heterocycles. The highest BCUT2D eigenvalue weighted by Gasteiger charge is 2.26. The molecule has 3 aromatic carbocycles. The Morgan fingerprint density at radius 3 is 2.29 bits per heavy atom. The minimum atomic E-state index is -3.99. The number of methoxy groups -OCH3 is 1.